The number of carbonyl (C=O) groups excluding carboxylic acids is 1. The van der Waals surface area contributed by atoms with Gasteiger partial charge >= 0.3 is 0 Å². The van der Waals surface area contributed by atoms with Gasteiger partial charge in [-0.3, -0.25) is 4.79 Å². The van der Waals surface area contributed by atoms with Crippen LogP contribution in [0.25, 0.3) is 0 Å². The van der Waals surface area contributed by atoms with Gasteiger partial charge in [0.25, 0.3) is 0 Å². The zero-order chi connectivity index (χ0) is 17.9. The standard InChI is InChI=1S/C21H28N2O2.ClH/c1-3-22-16-18-10-4-5-12-20(18)23-21(24)13-6-7-14-25-19-11-8-9-17(2)15-19;/h4-5,8-12,15,22H,3,6-7,13-14,16H2,1-2H3,(H,23,24);1H. The van der Waals surface area contributed by atoms with Crippen molar-refractivity contribution in [2.24, 2.45) is 0 Å². The fourth-order valence-electron chi connectivity index (χ4n) is 2.55. The number of benzene rings is 2. The molecule has 0 unspecified atom stereocenters. The van der Waals surface area contributed by atoms with E-state index in [1.54, 1.807) is 0 Å². The van der Waals surface area contributed by atoms with Crippen LogP contribution in [0, 0.1) is 6.92 Å². The van der Waals surface area contributed by atoms with Gasteiger partial charge in [0.05, 0.1) is 6.61 Å². The van der Waals surface area contributed by atoms with Crippen LogP contribution in [0.2, 0.25) is 0 Å². The number of hydrogen-bond acceptors (Lipinski definition) is 3. The van der Waals surface area contributed by atoms with E-state index in [1.807, 2.05) is 55.5 Å². The summed E-state index contributed by atoms with van der Waals surface area (Å²) in [5, 5.41) is 6.31. The Morgan fingerprint density at radius 3 is 2.65 bits per heavy atom. The zero-order valence-electron chi connectivity index (χ0n) is 15.6. The van der Waals surface area contributed by atoms with Crippen LogP contribution in [-0.2, 0) is 11.3 Å². The van der Waals surface area contributed by atoms with E-state index in [1.165, 1.54) is 5.56 Å². The molecular weight excluding hydrogens is 348 g/mol. The molecule has 2 aromatic carbocycles. The Kier molecular flexibility index (Phi) is 10.4. The number of aryl methyl sites for hydroxylation is 1. The fourth-order valence-corrected chi connectivity index (χ4v) is 2.55. The first kappa shape index (κ1) is 22.0. The molecule has 0 saturated carbocycles. The highest BCUT2D eigenvalue weighted by Crippen LogP contribution is 2.16. The summed E-state index contributed by atoms with van der Waals surface area (Å²) in [6.45, 7) is 6.42. The first-order valence-corrected chi connectivity index (χ1v) is 8.97. The van der Waals surface area contributed by atoms with E-state index in [2.05, 4.69) is 17.6 Å². The minimum Gasteiger partial charge on any atom is -0.494 e. The van der Waals surface area contributed by atoms with Gasteiger partial charge in [0.1, 0.15) is 5.75 Å². The second-order valence-corrected chi connectivity index (χ2v) is 6.11. The third-order valence-electron chi connectivity index (χ3n) is 3.91. The molecular formula is C21H29ClN2O2. The first-order valence-electron chi connectivity index (χ1n) is 8.97. The number of halogens is 1. The van der Waals surface area contributed by atoms with Crippen molar-refractivity contribution >= 4 is 24.0 Å². The molecule has 0 aliphatic heterocycles. The van der Waals surface area contributed by atoms with Crippen molar-refractivity contribution in [3.63, 3.8) is 0 Å². The van der Waals surface area contributed by atoms with E-state index in [-0.39, 0.29) is 18.3 Å². The van der Waals surface area contributed by atoms with Crippen LogP contribution in [0.3, 0.4) is 0 Å². The number of hydrogen-bond donors (Lipinski definition) is 2. The predicted molar refractivity (Wildman–Crippen MR) is 110 cm³/mol. The number of amides is 1. The Bertz CT molecular complexity index is 677. The lowest BCUT2D eigenvalue weighted by molar-refractivity contribution is -0.116. The van der Waals surface area contributed by atoms with E-state index < -0.39 is 0 Å². The van der Waals surface area contributed by atoms with Crippen molar-refractivity contribution in [1.29, 1.82) is 0 Å². The zero-order valence-corrected chi connectivity index (χ0v) is 16.4. The third kappa shape index (κ3) is 7.89. The van der Waals surface area contributed by atoms with E-state index in [0.29, 0.717) is 13.0 Å². The summed E-state index contributed by atoms with van der Waals surface area (Å²) in [4.78, 5) is 12.1. The van der Waals surface area contributed by atoms with Gasteiger partial charge in [0, 0.05) is 18.7 Å². The van der Waals surface area contributed by atoms with Crippen molar-refractivity contribution in [2.75, 3.05) is 18.5 Å². The third-order valence-corrected chi connectivity index (χ3v) is 3.91. The second-order valence-electron chi connectivity index (χ2n) is 6.11. The van der Waals surface area contributed by atoms with Crippen LogP contribution in [0.15, 0.2) is 48.5 Å². The van der Waals surface area contributed by atoms with E-state index in [4.69, 9.17) is 4.74 Å². The maximum atomic E-state index is 12.1. The van der Waals surface area contributed by atoms with E-state index >= 15 is 0 Å². The van der Waals surface area contributed by atoms with Crippen molar-refractivity contribution in [2.45, 2.75) is 39.7 Å². The first-order chi connectivity index (χ1) is 12.2. The highest BCUT2D eigenvalue weighted by Gasteiger charge is 2.06. The molecule has 0 aliphatic carbocycles. The maximum Gasteiger partial charge on any atom is 0.224 e. The number of ether oxygens (including phenoxy) is 1. The summed E-state index contributed by atoms with van der Waals surface area (Å²) in [7, 11) is 0. The molecule has 1 amide bonds. The molecule has 0 saturated heterocycles. The number of rotatable bonds is 10. The average Bonchev–Trinajstić information content (AvgIpc) is 2.61. The van der Waals surface area contributed by atoms with Crippen molar-refractivity contribution in [1.82, 2.24) is 5.32 Å². The fraction of sp³-hybridized carbons (Fsp3) is 0.381. The van der Waals surface area contributed by atoms with Crippen molar-refractivity contribution < 1.29 is 9.53 Å². The lowest BCUT2D eigenvalue weighted by Crippen LogP contribution is -2.17. The molecule has 0 bridgehead atoms. The highest BCUT2D eigenvalue weighted by molar-refractivity contribution is 5.91. The molecule has 0 heterocycles. The van der Waals surface area contributed by atoms with Gasteiger partial charge in [-0.2, -0.15) is 0 Å². The molecule has 0 spiro atoms. The molecule has 0 aromatic heterocycles. The Morgan fingerprint density at radius 1 is 1.08 bits per heavy atom. The maximum absolute atomic E-state index is 12.1. The molecule has 0 radical (unpaired) electrons. The second kappa shape index (κ2) is 12.3. The molecule has 5 heteroatoms. The van der Waals surface area contributed by atoms with Crippen LogP contribution < -0.4 is 15.4 Å². The van der Waals surface area contributed by atoms with Gasteiger partial charge in [-0.1, -0.05) is 37.3 Å². The number of carbonyl (C=O) groups is 1. The molecule has 142 valence electrons. The van der Waals surface area contributed by atoms with Crippen LogP contribution in [0.4, 0.5) is 5.69 Å². The summed E-state index contributed by atoms with van der Waals surface area (Å²) in [5.41, 5.74) is 3.19. The molecule has 4 nitrogen and oxygen atoms in total. The van der Waals surface area contributed by atoms with E-state index in [0.717, 1.165) is 42.9 Å². The minimum atomic E-state index is 0. The highest BCUT2D eigenvalue weighted by atomic mass is 35.5. The van der Waals surface area contributed by atoms with Crippen LogP contribution in [0.5, 0.6) is 5.75 Å². The minimum absolute atomic E-state index is 0. The van der Waals surface area contributed by atoms with Crippen LogP contribution >= 0.6 is 12.4 Å². The van der Waals surface area contributed by atoms with Gasteiger partial charge in [-0.05, 0) is 55.6 Å². The molecule has 2 rings (SSSR count). The Labute approximate surface area is 162 Å². The van der Waals surface area contributed by atoms with Crippen LogP contribution in [-0.4, -0.2) is 19.1 Å². The summed E-state index contributed by atoms with van der Waals surface area (Å²) < 4.78 is 5.71. The van der Waals surface area contributed by atoms with Gasteiger partial charge in [0.2, 0.25) is 5.91 Å². The SMILES string of the molecule is CCNCc1ccccc1NC(=O)CCCCOc1cccc(C)c1.Cl. The lowest BCUT2D eigenvalue weighted by Gasteiger charge is -2.11. The average molecular weight is 377 g/mol. The van der Waals surface area contributed by atoms with Gasteiger partial charge in [-0.25, -0.2) is 0 Å². The number of para-hydroxylation sites is 1. The summed E-state index contributed by atoms with van der Waals surface area (Å²) >= 11 is 0. The molecule has 2 N–H and O–H groups in total. The molecule has 2 aromatic rings. The smallest absolute Gasteiger partial charge is 0.224 e. The number of anilines is 1. The molecule has 0 aliphatic rings. The topological polar surface area (TPSA) is 50.4 Å². The summed E-state index contributed by atoms with van der Waals surface area (Å²) in [6.07, 6.45) is 2.18. The molecule has 26 heavy (non-hydrogen) atoms. The van der Waals surface area contributed by atoms with Crippen molar-refractivity contribution in [3.05, 3.63) is 59.7 Å². The normalized spacial score (nSPS) is 10.1. The Morgan fingerprint density at radius 2 is 1.88 bits per heavy atom. The van der Waals surface area contributed by atoms with Crippen LogP contribution in [0.1, 0.15) is 37.3 Å². The predicted octanol–water partition coefficient (Wildman–Crippen LogP) is 4.71. The Hall–Kier alpha value is -2.04. The summed E-state index contributed by atoms with van der Waals surface area (Å²) in [5.74, 6) is 0.946. The summed E-state index contributed by atoms with van der Waals surface area (Å²) in [6, 6.07) is 15.9. The molecule has 0 atom stereocenters. The number of unbranched alkanes of at least 4 members (excludes halogenated alkanes) is 1. The Balaban J connectivity index is 0.00000338. The quantitative estimate of drug-likeness (QED) is 0.590. The largest absolute Gasteiger partial charge is 0.494 e. The number of nitrogens with one attached hydrogen (secondary N) is 2. The van der Waals surface area contributed by atoms with Gasteiger partial charge in [0.15, 0.2) is 0 Å². The molecule has 0 fully saturated rings. The lowest BCUT2D eigenvalue weighted by atomic mass is 10.1. The van der Waals surface area contributed by atoms with Gasteiger partial charge < -0.3 is 15.4 Å². The van der Waals surface area contributed by atoms with Gasteiger partial charge in [-0.15, -0.1) is 12.4 Å². The van der Waals surface area contributed by atoms with E-state index in [9.17, 15) is 4.79 Å². The van der Waals surface area contributed by atoms with Crippen molar-refractivity contribution in [3.8, 4) is 5.75 Å². The monoisotopic (exact) mass is 376 g/mol.